The van der Waals surface area contributed by atoms with Crippen molar-refractivity contribution in [3.05, 3.63) is 82.8 Å². The van der Waals surface area contributed by atoms with Crippen molar-refractivity contribution in [3.63, 3.8) is 0 Å². The zero-order chi connectivity index (χ0) is 17.2. The topological polar surface area (TPSA) is 37.8 Å². The van der Waals surface area contributed by atoms with Gasteiger partial charge in [-0.3, -0.25) is 0 Å². The number of hydrogen-bond acceptors (Lipinski definition) is 3. The maximum atomic E-state index is 6.10. The smallest absolute Gasteiger partial charge is 0.161 e. The molecule has 122 valence electrons. The number of aromatic nitrogens is 2. The van der Waals surface area contributed by atoms with Crippen LogP contribution in [0.3, 0.4) is 0 Å². The molecule has 0 aliphatic heterocycles. The molecule has 0 atom stereocenters. The van der Waals surface area contributed by atoms with Gasteiger partial charge < -0.3 is 5.32 Å². The fourth-order valence-electron chi connectivity index (χ4n) is 2.72. The maximum absolute atomic E-state index is 6.10. The highest BCUT2D eigenvalue weighted by molar-refractivity contribution is 6.42. The molecule has 0 amide bonds. The van der Waals surface area contributed by atoms with E-state index in [0.29, 0.717) is 15.9 Å². The molecule has 0 saturated carbocycles. The summed E-state index contributed by atoms with van der Waals surface area (Å²) in [5.41, 5.74) is 2.70. The first-order valence-corrected chi connectivity index (χ1v) is 8.51. The second-order valence-corrected chi connectivity index (χ2v) is 6.38. The fraction of sp³-hybridized carbons (Fsp3) is 0. The first-order valence-electron chi connectivity index (χ1n) is 7.75. The number of hydrogen-bond donors (Lipinski definition) is 1. The molecular weight excluding hydrogens is 353 g/mol. The number of nitrogens with one attached hydrogen (secondary N) is 1. The molecule has 1 heterocycles. The first kappa shape index (κ1) is 15.9. The van der Waals surface area contributed by atoms with Crippen LogP contribution in [-0.2, 0) is 0 Å². The molecule has 0 bridgehead atoms. The summed E-state index contributed by atoms with van der Waals surface area (Å²) in [7, 11) is 0. The molecule has 1 N–H and O–H groups in total. The van der Waals surface area contributed by atoms with Crippen LogP contribution in [0.4, 0.5) is 11.5 Å². The van der Waals surface area contributed by atoms with Gasteiger partial charge in [0.15, 0.2) is 5.82 Å². The molecule has 0 radical (unpaired) electrons. The minimum atomic E-state index is 0.491. The van der Waals surface area contributed by atoms with E-state index in [4.69, 9.17) is 23.2 Å². The lowest BCUT2D eigenvalue weighted by Gasteiger charge is -2.11. The molecule has 1 aromatic heterocycles. The Morgan fingerprint density at radius 3 is 2.16 bits per heavy atom. The Morgan fingerprint density at radius 1 is 0.680 bits per heavy atom. The Morgan fingerprint density at radius 2 is 1.40 bits per heavy atom. The Kier molecular flexibility index (Phi) is 4.26. The minimum Gasteiger partial charge on any atom is -0.338 e. The van der Waals surface area contributed by atoms with Gasteiger partial charge in [-0.1, -0.05) is 77.8 Å². The summed E-state index contributed by atoms with van der Waals surface area (Å²) in [6.45, 7) is 0. The summed E-state index contributed by atoms with van der Waals surface area (Å²) in [5.74, 6) is 0.675. The van der Waals surface area contributed by atoms with Crippen LogP contribution in [-0.4, -0.2) is 10.2 Å². The van der Waals surface area contributed by atoms with Crippen molar-refractivity contribution in [3.8, 4) is 11.3 Å². The van der Waals surface area contributed by atoms with Crippen LogP contribution < -0.4 is 5.32 Å². The highest BCUT2D eigenvalue weighted by atomic mass is 35.5. The molecular formula is C20H13Cl2N3. The van der Waals surface area contributed by atoms with Gasteiger partial charge in [-0.15, -0.1) is 10.2 Å². The predicted molar refractivity (Wildman–Crippen MR) is 105 cm³/mol. The van der Waals surface area contributed by atoms with Crippen molar-refractivity contribution < 1.29 is 0 Å². The molecule has 25 heavy (non-hydrogen) atoms. The molecule has 0 saturated heterocycles. The highest BCUT2D eigenvalue weighted by Gasteiger charge is 2.11. The Balaban J connectivity index is 1.82. The van der Waals surface area contributed by atoms with Crippen molar-refractivity contribution in [2.75, 3.05) is 5.32 Å². The van der Waals surface area contributed by atoms with E-state index in [2.05, 4.69) is 15.5 Å². The molecule has 5 heteroatoms. The van der Waals surface area contributed by atoms with Crippen LogP contribution in [0.5, 0.6) is 0 Å². The normalized spacial score (nSPS) is 10.8. The minimum absolute atomic E-state index is 0.491. The largest absolute Gasteiger partial charge is 0.338 e. The standard InChI is InChI=1S/C20H13Cl2N3/c21-17-11-10-14(12-18(17)22)23-20-16-9-5-4-8-15(16)19(24-25-20)13-6-2-1-3-7-13/h1-12H,(H,23,25). The predicted octanol–water partition coefficient (Wildman–Crippen LogP) is 6.35. The summed E-state index contributed by atoms with van der Waals surface area (Å²) in [5, 5.41) is 15.1. The molecule has 0 spiro atoms. The van der Waals surface area contributed by atoms with Crippen molar-refractivity contribution in [2.24, 2.45) is 0 Å². The van der Waals surface area contributed by atoms with Gasteiger partial charge in [0.2, 0.25) is 0 Å². The summed E-state index contributed by atoms with van der Waals surface area (Å²) in [6, 6.07) is 23.5. The number of nitrogens with zero attached hydrogens (tertiary/aromatic N) is 2. The number of rotatable bonds is 3. The SMILES string of the molecule is Clc1ccc(Nc2nnc(-c3ccccc3)c3ccccc23)cc1Cl. The number of benzene rings is 3. The average molecular weight is 366 g/mol. The lowest BCUT2D eigenvalue weighted by Crippen LogP contribution is -1.99. The van der Waals surface area contributed by atoms with Crippen molar-refractivity contribution in [1.29, 1.82) is 0 Å². The molecule has 0 unspecified atom stereocenters. The van der Waals surface area contributed by atoms with Gasteiger partial charge in [-0.05, 0) is 18.2 Å². The number of halogens is 2. The van der Waals surface area contributed by atoms with Crippen LogP contribution in [0.25, 0.3) is 22.0 Å². The van der Waals surface area contributed by atoms with Gasteiger partial charge in [0, 0.05) is 22.0 Å². The van der Waals surface area contributed by atoms with Crippen LogP contribution in [0.2, 0.25) is 10.0 Å². The first-order chi connectivity index (χ1) is 12.2. The van der Waals surface area contributed by atoms with E-state index in [1.165, 1.54) is 0 Å². The molecule has 4 aromatic rings. The molecule has 0 aliphatic rings. The number of fused-ring (bicyclic) bond motifs is 1. The van der Waals surface area contributed by atoms with Crippen LogP contribution in [0.1, 0.15) is 0 Å². The van der Waals surface area contributed by atoms with Gasteiger partial charge >= 0.3 is 0 Å². The molecule has 3 aromatic carbocycles. The van der Waals surface area contributed by atoms with Gasteiger partial charge in [-0.2, -0.15) is 0 Å². The van der Waals surface area contributed by atoms with E-state index in [1.54, 1.807) is 12.1 Å². The van der Waals surface area contributed by atoms with Crippen LogP contribution in [0, 0.1) is 0 Å². The number of anilines is 2. The highest BCUT2D eigenvalue weighted by Crippen LogP contribution is 2.32. The zero-order valence-corrected chi connectivity index (χ0v) is 14.6. The van der Waals surface area contributed by atoms with E-state index in [9.17, 15) is 0 Å². The second-order valence-electron chi connectivity index (χ2n) is 5.56. The lowest BCUT2D eigenvalue weighted by molar-refractivity contribution is 1.06. The zero-order valence-electron chi connectivity index (χ0n) is 13.1. The third-order valence-corrected chi connectivity index (χ3v) is 4.66. The molecule has 0 fully saturated rings. The van der Waals surface area contributed by atoms with Gasteiger partial charge in [0.25, 0.3) is 0 Å². The maximum Gasteiger partial charge on any atom is 0.161 e. The average Bonchev–Trinajstić information content (AvgIpc) is 2.66. The lowest BCUT2D eigenvalue weighted by atomic mass is 10.0. The molecule has 3 nitrogen and oxygen atoms in total. The van der Waals surface area contributed by atoms with Crippen molar-refractivity contribution in [1.82, 2.24) is 10.2 Å². The summed E-state index contributed by atoms with van der Waals surface area (Å²) >= 11 is 12.1. The van der Waals surface area contributed by atoms with E-state index < -0.39 is 0 Å². The quantitative estimate of drug-likeness (QED) is 0.459. The van der Waals surface area contributed by atoms with Crippen molar-refractivity contribution in [2.45, 2.75) is 0 Å². The summed E-state index contributed by atoms with van der Waals surface area (Å²) in [4.78, 5) is 0. The monoisotopic (exact) mass is 365 g/mol. The van der Waals surface area contributed by atoms with Gasteiger partial charge in [0.05, 0.1) is 10.0 Å². The second kappa shape index (κ2) is 6.71. The summed E-state index contributed by atoms with van der Waals surface area (Å²) in [6.07, 6.45) is 0. The van der Waals surface area contributed by atoms with E-state index in [1.807, 2.05) is 60.7 Å². The fourth-order valence-corrected chi connectivity index (χ4v) is 3.01. The van der Waals surface area contributed by atoms with E-state index in [0.717, 1.165) is 27.7 Å². The third kappa shape index (κ3) is 3.16. The third-order valence-electron chi connectivity index (χ3n) is 3.92. The molecule has 4 rings (SSSR count). The van der Waals surface area contributed by atoms with E-state index >= 15 is 0 Å². The van der Waals surface area contributed by atoms with Crippen LogP contribution >= 0.6 is 23.2 Å². The van der Waals surface area contributed by atoms with Crippen molar-refractivity contribution >= 4 is 45.5 Å². The Hall–Kier alpha value is -2.62. The molecule has 0 aliphatic carbocycles. The van der Waals surface area contributed by atoms with Gasteiger partial charge in [-0.25, -0.2) is 0 Å². The van der Waals surface area contributed by atoms with Crippen LogP contribution in [0.15, 0.2) is 72.8 Å². The van der Waals surface area contributed by atoms with E-state index in [-0.39, 0.29) is 0 Å². The Bertz CT molecular complexity index is 1050. The summed E-state index contributed by atoms with van der Waals surface area (Å²) < 4.78 is 0. The van der Waals surface area contributed by atoms with Gasteiger partial charge in [0.1, 0.15) is 5.69 Å². The Labute approximate surface area is 155 Å².